The molecule has 2 fully saturated rings. The molecule has 0 radical (unpaired) electrons. The second-order valence-electron chi connectivity index (χ2n) is 7.00. The van der Waals surface area contributed by atoms with E-state index in [2.05, 4.69) is 0 Å². The Morgan fingerprint density at radius 2 is 1.00 bits per heavy atom. The Balaban J connectivity index is 1.72. The lowest BCUT2D eigenvalue weighted by Crippen LogP contribution is -2.30. The number of hydrogen-bond acceptors (Lipinski definition) is 6. The van der Waals surface area contributed by atoms with Crippen LogP contribution in [0.2, 0.25) is 10.0 Å². The van der Waals surface area contributed by atoms with Crippen molar-refractivity contribution in [1.82, 2.24) is 0 Å². The van der Waals surface area contributed by atoms with Gasteiger partial charge in [-0.15, -0.1) is 0 Å². The molecule has 2 saturated heterocycles. The van der Waals surface area contributed by atoms with Gasteiger partial charge in [-0.1, -0.05) is 71.2 Å². The minimum atomic E-state index is -4.80. The number of alkyl halides is 6. The van der Waals surface area contributed by atoms with E-state index < -0.39 is 45.3 Å². The molecule has 0 aliphatic carbocycles. The lowest BCUT2D eigenvalue weighted by molar-refractivity contribution is -0.138. The molecule has 0 atom stereocenters. The van der Waals surface area contributed by atoms with Crippen LogP contribution in [0.15, 0.2) is 46.2 Å². The fourth-order valence-electron chi connectivity index (χ4n) is 3.19. The third-order valence-electron chi connectivity index (χ3n) is 4.77. The molecule has 0 aromatic heterocycles. The van der Waals surface area contributed by atoms with Gasteiger partial charge >= 0.3 is 12.4 Å². The molecule has 0 N–H and O–H groups in total. The molecule has 2 aliphatic heterocycles. The normalized spacial score (nSPS) is 19.2. The molecule has 2 aromatic rings. The van der Waals surface area contributed by atoms with E-state index in [1.165, 1.54) is 0 Å². The molecule has 0 bridgehead atoms. The molecular formula is C20H6Cl2F6N2O2S4. The maximum atomic E-state index is 13.3. The van der Waals surface area contributed by atoms with E-state index in [-0.39, 0.29) is 29.8 Å². The van der Waals surface area contributed by atoms with Gasteiger partial charge in [-0.3, -0.25) is 19.4 Å². The number of amides is 2. The van der Waals surface area contributed by atoms with Crippen molar-refractivity contribution in [3.05, 3.63) is 67.4 Å². The summed E-state index contributed by atoms with van der Waals surface area (Å²) in [6, 6.07) is 5.51. The monoisotopic (exact) mass is 618 g/mol. The molecular weight excluding hydrogens is 613 g/mol. The highest BCUT2D eigenvalue weighted by Crippen LogP contribution is 2.46. The highest BCUT2D eigenvalue weighted by molar-refractivity contribution is 8.30. The Morgan fingerprint density at radius 1 is 0.667 bits per heavy atom. The fraction of sp³-hybridized carbons (Fsp3) is 0.100. The van der Waals surface area contributed by atoms with Gasteiger partial charge in [-0.25, -0.2) is 0 Å². The van der Waals surface area contributed by atoms with E-state index in [1.54, 1.807) is 0 Å². The van der Waals surface area contributed by atoms with Gasteiger partial charge in [-0.05, 0) is 36.4 Å². The van der Waals surface area contributed by atoms with Crippen LogP contribution >= 0.6 is 71.2 Å². The summed E-state index contributed by atoms with van der Waals surface area (Å²) in [5, 5.41) is -1.17. The van der Waals surface area contributed by atoms with Crippen LogP contribution in [0, 0.1) is 0 Å². The summed E-state index contributed by atoms with van der Waals surface area (Å²) in [6.07, 6.45) is -9.60. The van der Waals surface area contributed by atoms with Crippen molar-refractivity contribution in [2.75, 3.05) is 9.80 Å². The number of nitrogens with zero attached hydrogens (tertiary/aromatic N) is 2. The predicted molar refractivity (Wildman–Crippen MR) is 135 cm³/mol. The van der Waals surface area contributed by atoms with Crippen LogP contribution in [-0.4, -0.2) is 20.5 Å². The van der Waals surface area contributed by atoms with Crippen molar-refractivity contribution in [3.63, 3.8) is 0 Å². The van der Waals surface area contributed by atoms with Gasteiger partial charge in [-0.2, -0.15) is 26.3 Å². The second-order valence-corrected chi connectivity index (χ2v) is 11.1. The van der Waals surface area contributed by atoms with Gasteiger partial charge < -0.3 is 0 Å². The van der Waals surface area contributed by atoms with Crippen molar-refractivity contribution < 1.29 is 35.9 Å². The number of halogens is 8. The fourth-order valence-corrected chi connectivity index (χ4v) is 6.40. The zero-order valence-electron chi connectivity index (χ0n) is 16.8. The average Bonchev–Trinajstić information content (AvgIpc) is 3.21. The lowest BCUT2D eigenvalue weighted by Gasteiger charge is -2.18. The van der Waals surface area contributed by atoms with Crippen LogP contribution in [0.4, 0.5) is 37.7 Å². The number of rotatable bonds is 2. The molecule has 0 spiro atoms. The Labute approximate surface area is 227 Å². The van der Waals surface area contributed by atoms with E-state index in [4.69, 9.17) is 47.6 Å². The number of hydrogen-bond donors (Lipinski definition) is 0. The minimum Gasteiger partial charge on any atom is -0.268 e. The summed E-state index contributed by atoms with van der Waals surface area (Å²) in [4.78, 5) is 27.4. The van der Waals surface area contributed by atoms with E-state index in [0.29, 0.717) is 35.7 Å². The quantitative estimate of drug-likeness (QED) is 0.195. The van der Waals surface area contributed by atoms with E-state index >= 15 is 0 Å². The lowest BCUT2D eigenvalue weighted by atomic mass is 10.1. The summed E-state index contributed by atoms with van der Waals surface area (Å²) in [5.74, 6) is -1.79. The van der Waals surface area contributed by atoms with Crippen molar-refractivity contribution in [1.29, 1.82) is 0 Å². The molecule has 16 heteroatoms. The van der Waals surface area contributed by atoms with Gasteiger partial charge in [0.05, 0.1) is 42.4 Å². The first-order valence-corrected chi connectivity index (χ1v) is 12.4. The predicted octanol–water partition coefficient (Wildman–Crippen LogP) is 7.67. The van der Waals surface area contributed by atoms with Gasteiger partial charge in [0.1, 0.15) is 0 Å². The summed E-state index contributed by atoms with van der Waals surface area (Å²) in [6.45, 7) is 0. The number of thioether (sulfide) groups is 2. The standard InChI is InChI=1S/C20H6Cl2F6N2O2S4/c21-11-3-1-7(5-9(11)19(23,24)25)29-15(31)13(35-17(29)33)14-16(32)30(18(34)36-14)8-2-4-12(22)10(6-8)20(26,27)28/h1-6H/b14-13+. The van der Waals surface area contributed by atoms with Gasteiger partial charge in [0.15, 0.2) is 8.64 Å². The molecule has 0 unspecified atom stereocenters. The van der Waals surface area contributed by atoms with Crippen LogP contribution < -0.4 is 9.80 Å². The Kier molecular flexibility index (Phi) is 7.16. The molecule has 2 aliphatic rings. The highest BCUT2D eigenvalue weighted by atomic mass is 35.5. The van der Waals surface area contributed by atoms with Crippen molar-refractivity contribution >= 4 is 103 Å². The molecule has 2 aromatic carbocycles. The summed E-state index contributed by atoms with van der Waals surface area (Å²) >= 11 is 22.9. The first-order valence-electron chi connectivity index (χ1n) is 9.21. The van der Waals surface area contributed by atoms with E-state index in [0.717, 1.165) is 34.1 Å². The third kappa shape index (κ3) is 4.86. The molecule has 0 saturated carbocycles. The number of benzene rings is 2. The topological polar surface area (TPSA) is 40.6 Å². The van der Waals surface area contributed by atoms with Crippen LogP contribution in [0.1, 0.15) is 11.1 Å². The largest absolute Gasteiger partial charge is 0.417 e. The number of carbonyl (C=O) groups is 2. The van der Waals surface area contributed by atoms with Crippen LogP contribution in [0.5, 0.6) is 0 Å². The summed E-state index contributed by atoms with van der Waals surface area (Å²) in [7, 11) is 0. The molecule has 4 rings (SSSR count). The Bertz CT molecular complexity index is 1290. The number of anilines is 2. The van der Waals surface area contributed by atoms with Crippen LogP contribution in [-0.2, 0) is 21.9 Å². The SMILES string of the molecule is O=C1/C(=C2\SC(=S)N(c3ccc(Cl)c(C(F)(F)F)c3)C2=O)SC(=S)N1c1ccc(Cl)c(C(F)(F)F)c1. The zero-order valence-corrected chi connectivity index (χ0v) is 21.6. The summed E-state index contributed by atoms with van der Waals surface area (Å²) < 4.78 is 79.3. The smallest absolute Gasteiger partial charge is 0.268 e. The van der Waals surface area contributed by atoms with Crippen molar-refractivity contribution in [2.45, 2.75) is 12.4 Å². The summed E-state index contributed by atoms with van der Waals surface area (Å²) in [5.41, 5.74) is -2.84. The first kappa shape index (κ1) is 27.2. The maximum Gasteiger partial charge on any atom is 0.417 e. The Morgan fingerprint density at radius 3 is 1.31 bits per heavy atom. The molecule has 2 amide bonds. The van der Waals surface area contributed by atoms with E-state index in [9.17, 15) is 35.9 Å². The van der Waals surface area contributed by atoms with Crippen molar-refractivity contribution in [2.24, 2.45) is 0 Å². The molecule has 4 nitrogen and oxygen atoms in total. The maximum absolute atomic E-state index is 13.3. The second kappa shape index (κ2) is 9.48. The third-order valence-corrected chi connectivity index (χ3v) is 8.31. The van der Waals surface area contributed by atoms with E-state index in [1.807, 2.05) is 0 Å². The molecule has 36 heavy (non-hydrogen) atoms. The van der Waals surface area contributed by atoms with Crippen molar-refractivity contribution in [3.8, 4) is 0 Å². The number of carbonyl (C=O) groups excluding carboxylic acids is 2. The minimum absolute atomic E-state index is 0.165. The zero-order chi connectivity index (χ0) is 26.7. The molecule has 2 heterocycles. The molecule has 188 valence electrons. The van der Waals surface area contributed by atoms with Gasteiger partial charge in [0, 0.05) is 0 Å². The van der Waals surface area contributed by atoms with Crippen LogP contribution in [0.3, 0.4) is 0 Å². The Hall–Kier alpha value is -1.84. The highest BCUT2D eigenvalue weighted by Gasteiger charge is 2.44. The number of thiocarbonyl (C=S) groups is 2. The van der Waals surface area contributed by atoms with Gasteiger partial charge in [0.25, 0.3) is 11.8 Å². The van der Waals surface area contributed by atoms with Gasteiger partial charge in [0.2, 0.25) is 0 Å². The average molecular weight is 619 g/mol. The first-order chi connectivity index (χ1) is 16.6. The van der Waals surface area contributed by atoms with Crippen LogP contribution in [0.25, 0.3) is 0 Å².